The van der Waals surface area contributed by atoms with Crippen molar-refractivity contribution in [2.24, 2.45) is 0 Å². The molecule has 2 aliphatic heterocycles. The van der Waals surface area contributed by atoms with Crippen LogP contribution in [0.1, 0.15) is 12.8 Å². The van der Waals surface area contributed by atoms with Crippen molar-refractivity contribution in [2.75, 3.05) is 18.1 Å². The van der Waals surface area contributed by atoms with Gasteiger partial charge in [-0.1, -0.05) is 36.0 Å². The zero-order valence-electron chi connectivity index (χ0n) is 12.7. The Kier molecular flexibility index (Phi) is 3.97. The molecular formula is C18H18N2O2S. The average molecular weight is 326 g/mol. The number of amides is 2. The highest BCUT2D eigenvalue weighted by molar-refractivity contribution is 7.99. The van der Waals surface area contributed by atoms with Crippen LogP contribution < -0.4 is 10.2 Å². The van der Waals surface area contributed by atoms with Crippen LogP contribution >= 0.6 is 11.8 Å². The summed E-state index contributed by atoms with van der Waals surface area (Å²) >= 11 is 1.70. The molecule has 23 heavy (non-hydrogen) atoms. The van der Waals surface area contributed by atoms with Gasteiger partial charge in [0.05, 0.1) is 17.5 Å². The summed E-state index contributed by atoms with van der Waals surface area (Å²) < 4.78 is 5.59. The van der Waals surface area contributed by atoms with Gasteiger partial charge in [-0.05, 0) is 37.1 Å². The smallest absolute Gasteiger partial charge is 0.326 e. The number of carbonyl (C=O) groups excluding carboxylic acids is 1. The molecule has 0 spiro atoms. The predicted molar refractivity (Wildman–Crippen MR) is 91.5 cm³/mol. The normalized spacial score (nSPS) is 19.1. The van der Waals surface area contributed by atoms with Gasteiger partial charge in [0, 0.05) is 22.9 Å². The summed E-state index contributed by atoms with van der Waals surface area (Å²) in [4.78, 5) is 16.8. The molecule has 0 aliphatic carbocycles. The molecule has 118 valence electrons. The third kappa shape index (κ3) is 2.82. The summed E-state index contributed by atoms with van der Waals surface area (Å²) in [6, 6.07) is 15.9. The van der Waals surface area contributed by atoms with E-state index in [1.807, 2.05) is 36.4 Å². The Morgan fingerprint density at radius 1 is 1.13 bits per heavy atom. The van der Waals surface area contributed by atoms with Crippen LogP contribution in [0.3, 0.4) is 0 Å². The van der Waals surface area contributed by atoms with E-state index in [1.165, 1.54) is 0 Å². The lowest BCUT2D eigenvalue weighted by molar-refractivity contribution is 0.112. The molecule has 2 aliphatic rings. The third-order valence-electron chi connectivity index (χ3n) is 4.14. The van der Waals surface area contributed by atoms with Crippen LogP contribution in [0, 0.1) is 0 Å². The lowest BCUT2D eigenvalue weighted by Gasteiger charge is -2.31. The number of rotatable bonds is 2. The number of benzene rings is 2. The van der Waals surface area contributed by atoms with Gasteiger partial charge in [0.25, 0.3) is 0 Å². The highest BCUT2D eigenvalue weighted by Crippen LogP contribution is 2.47. The minimum atomic E-state index is -0.0966. The molecule has 1 atom stereocenters. The Hall–Kier alpha value is -1.98. The SMILES string of the molecule is O=C(NC[C@@H]1CCCO1)N1c2ccccc2Sc2ccccc21. The van der Waals surface area contributed by atoms with Crippen molar-refractivity contribution in [3.8, 4) is 0 Å². The number of nitrogens with zero attached hydrogens (tertiary/aromatic N) is 1. The zero-order valence-corrected chi connectivity index (χ0v) is 13.5. The highest BCUT2D eigenvalue weighted by Gasteiger charge is 2.28. The van der Waals surface area contributed by atoms with E-state index in [0.29, 0.717) is 6.54 Å². The number of anilines is 2. The van der Waals surface area contributed by atoms with Crippen LogP contribution in [0.4, 0.5) is 16.2 Å². The molecular weight excluding hydrogens is 308 g/mol. The first-order valence-electron chi connectivity index (χ1n) is 7.88. The summed E-state index contributed by atoms with van der Waals surface area (Å²) in [7, 11) is 0. The number of ether oxygens (including phenoxy) is 1. The minimum Gasteiger partial charge on any atom is -0.376 e. The van der Waals surface area contributed by atoms with Crippen LogP contribution in [0.5, 0.6) is 0 Å². The molecule has 2 heterocycles. The van der Waals surface area contributed by atoms with Crippen molar-refractivity contribution in [1.82, 2.24) is 5.32 Å². The molecule has 2 amide bonds. The monoisotopic (exact) mass is 326 g/mol. The van der Waals surface area contributed by atoms with Crippen molar-refractivity contribution < 1.29 is 9.53 Å². The number of nitrogens with one attached hydrogen (secondary N) is 1. The van der Waals surface area contributed by atoms with Crippen LogP contribution in [0.2, 0.25) is 0 Å². The quantitative estimate of drug-likeness (QED) is 0.900. The number of hydrogen-bond donors (Lipinski definition) is 1. The Balaban J connectivity index is 1.62. The van der Waals surface area contributed by atoms with Gasteiger partial charge in [0.2, 0.25) is 0 Å². The Bertz CT molecular complexity index is 683. The van der Waals surface area contributed by atoms with E-state index >= 15 is 0 Å². The maximum absolute atomic E-state index is 12.8. The maximum Gasteiger partial charge on any atom is 0.326 e. The molecule has 0 aromatic heterocycles. The summed E-state index contributed by atoms with van der Waals surface area (Å²) in [5.74, 6) is 0. The van der Waals surface area contributed by atoms with E-state index in [4.69, 9.17) is 4.74 Å². The van der Waals surface area contributed by atoms with Crippen LogP contribution in [-0.2, 0) is 4.74 Å². The third-order valence-corrected chi connectivity index (χ3v) is 5.27. The fourth-order valence-corrected chi connectivity index (χ4v) is 4.07. The largest absolute Gasteiger partial charge is 0.376 e. The van der Waals surface area contributed by atoms with Gasteiger partial charge < -0.3 is 10.1 Å². The maximum atomic E-state index is 12.8. The van der Waals surface area contributed by atoms with Gasteiger partial charge in [0.15, 0.2) is 0 Å². The molecule has 1 fully saturated rings. The average Bonchev–Trinajstić information content (AvgIpc) is 3.11. The fourth-order valence-electron chi connectivity index (χ4n) is 3.01. The number of fused-ring (bicyclic) bond motifs is 2. The second kappa shape index (κ2) is 6.26. The van der Waals surface area contributed by atoms with Gasteiger partial charge in [-0.2, -0.15) is 0 Å². The summed E-state index contributed by atoms with van der Waals surface area (Å²) in [6.45, 7) is 1.36. The van der Waals surface area contributed by atoms with Crippen LogP contribution in [0.15, 0.2) is 58.3 Å². The number of hydrogen-bond acceptors (Lipinski definition) is 3. The van der Waals surface area contributed by atoms with E-state index in [1.54, 1.807) is 16.7 Å². The first kappa shape index (κ1) is 14.6. The van der Waals surface area contributed by atoms with Crippen molar-refractivity contribution in [1.29, 1.82) is 0 Å². The second-order valence-corrected chi connectivity index (χ2v) is 6.78. The van der Waals surface area contributed by atoms with Crippen molar-refractivity contribution in [3.05, 3.63) is 48.5 Å². The summed E-state index contributed by atoms with van der Waals surface area (Å²) in [5, 5.41) is 3.03. The Labute approximate surface area is 139 Å². The Morgan fingerprint density at radius 3 is 2.39 bits per heavy atom. The first-order chi connectivity index (χ1) is 11.3. The zero-order chi connectivity index (χ0) is 15.6. The van der Waals surface area contributed by atoms with Crippen LogP contribution in [0.25, 0.3) is 0 Å². The molecule has 0 unspecified atom stereocenters. The van der Waals surface area contributed by atoms with E-state index in [0.717, 1.165) is 40.6 Å². The molecule has 0 bridgehead atoms. The lowest BCUT2D eigenvalue weighted by atomic mass is 10.2. The minimum absolute atomic E-state index is 0.0966. The number of para-hydroxylation sites is 2. The van der Waals surface area contributed by atoms with E-state index < -0.39 is 0 Å². The molecule has 1 N–H and O–H groups in total. The lowest BCUT2D eigenvalue weighted by Crippen LogP contribution is -2.41. The molecule has 0 saturated carbocycles. The fraction of sp³-hybridized carbons (Fsp3) is 0.278. The molecule has 4 rings (SSSR count). The Morgan fingerprint density at radius 2 is 1.78 bits per heavy atom. The van der Waals surface area contributed by atoms with Gasteiger partial charge in [0.1, 0.15) is 0 Å². The number of carbonyl (C=O) groups is 1. The first-order valence-corrected chi connectivity index (χ1v) is 8.70. The number of urea groups is 1. The molecule has 5 heteroatoms. The second-order valence-electron chi connectivity index (χ2n) is 5.69. The summed E-state index contributed by atoms with van der Waals surface area (Å²) in [6.07, 6.45) is 2.24. The van der Waals surface area contributed by atoms with Crippen molar-refractivity contribution >= 4 is 29.2 Å². The molecule has 4 nitrogen and oxygen atoms in total. The van der Waals surface area contributed by atoms with Crippen molar-refractivity contribution in [3.63, 3.8) is 0 Å². The van der Waals surface area contributed by atoms with E-state index in [9.17, 15) is 4.79 Å². The van der Waals surface area contributed by atoms with E-state index in [2.05, 4.69) is 17.4 Å². The van der Waals surface area contributed by atoms with Crippen molar-refractivity contribution in [2.45, 2.75) is 28.7 Å². The molecule has 1 saturated heterocycles. The topological polar surface area (TPSA) is 41.6 Å². The molecule has 2 aromatic rings. The highest BCUT2D eigenvalue weighted by atomic mass is 32.2. The van der Waals surface area contributed by atoms with Gasteiger partial charge in [-0.25, -0.2) is 4.79 Å². The van der Waals surface area contributed by atoms with Crippen LogP contribution in [-0.4, -0.2) is 25.3 Å². The van der Waals surface area contributed by atoms with Gasteiger partial charge in [-0.3, -0.25) is 4.90 Å². The standard InChI is InChI=1S/C18H18N2O2S/c21-18(19-12-13-6-5-11-22-13)20-14-7-1-3-9-16(14)23-17-10-4-2-8-15(17)20/h1-4,7-10,13H,5-6,11-12H2,(H,19,21)/t13-/m0/s1. The van der Waals surface area contributed by atoms with Gasteiger partial charge >= 0.3 is 6.03 Å². The van der Waals surface area contributed by atoms with E-state index in [-0.39, 0.29) is 12.1 Å². The van der Waals surface area contributed by atoms with Gasteiger partial charge in [-0.15, -0.1) is 0 Å². The molecule has 2 aromatic carbocycles. The summed E-state index contributed by atoms with van der Waals surface area (Å²) in [5.41, 5.74) is 1.86. The predicted octanol–water partition coefficient (Wildman–Crippen LogP) is 4.18. The molecule has 0 radical (unpaired) electrons.